The predicted octanol–water partition coefficient (Wildman–Crippen LogP) is 6.33. The van der Waals surface area contributed by atoms with Crippen molar-refractivity contribution in [2.45, 2.75) is 80.9 Å². The van der Waals surface area contributed by atoms with E-state index in [4.69, 9.17) is 32.9 Å². The van der Waals surface area contributed by atoms with E-state index < -0.39 is 17.8 Å². The van der Waals surface area contributed by atoms with Gasteiger partial charge in [-0.3, -0.25) is 14.6 Å². The Morgan fingerprint density at radius 1 is 1.20 bits per heavy atom. The number of amides is 2. The Balaban J connectivity index is 1.29. The van der Waals surface area contributed by atoms with Gasteiger partial charge >= 0.3 is 12.2 Å². The summed E-state index contributed by atoms with van der Waals surface area (Å²) < 4.78 is 7.28. The van der Waals surface area contributed by atoms with E-state index in [1.54, 1.807) is 39.2 Å². The lowest BCUT2D eigenvalue weighted by Gasteiger charge is -2.43. The number of pyridine rings is 1. The molecule has 1 saturated heterocycles. The number of carbonyl (C=O) groups excluding carboxylic acids is 1. The molecule has 2 amide bonds. The summed E-state index contributed by atoms with van der Waals surface area (Å²) in [5, 5.41) is 14.9. The Bertz CT molecular complexity index is 1450. The van der Waals surface area contributed by atoms with E-state index in [1.165, 1.54) is 11.8 Å². The standard InChI is InChI=1S/C27H33Cl2N7O4S/c1-26(2,3)40-25(39)34-19-13-16(21(28)22(29)33-19)41-17-14-31-20(36-12-9-30-23(17)36)15-35-10-7-27(8-11-35)6-4-5-18(27)32-24(37)38/h9,12-14,18,32H,4-8,10-11,15H2,1-3H3,(H,37,38)(H,33,34,39). The van der Waals surface area contributed by atoms with Crippen LogP contribution >= 0.6 is 35.0 Å². The summed E-state index contributed by atoms with van der Waals surface area (Å²) in [5.74, 6) is 1.07. The van der Waals surface area contributed by atoms with Gasteiger partial charge < -0.3 is 15.2 Å². The van der Waals surface area contributed by atoms with Gasteiger partial charge in [0.05, 0.1) is 16.5 Å². The van der Waals surface area contributed by atoms with Gasteiger partial charge in [0.1, 0.15) is 17.2 Å². The van der Waals surface area contributed by atoms with Crippen molar-refractivity contribution in [3.63, 3.8) is 0 Å². The molecule has 1 saturated carbocycles. The van der Waals surface area contributed by atoms with Crippen LogP contribution in [0.5, 0.6) is 0 Å². The molecule has 4 heterocycles. The Hall–Kier alpha value is -2.80. The number of anilines is 1. The number of carboxylic acid groups (broad SMARTS) is 1. The normalized spacial score (nSPS) is 19.0. The number of imidazole rings is 1. The van der Waals surface area contributed by atoms with Gasteiger partial charge in [-0.25, -0.2) is 24.5 Å². The van der Waals surface area contributed by atoms with Crippen LogP contribution < -0.4 is 10.6 Å². The van der Waals surface area contributed by atoms with Gasteiger partial charge in [-0.15, -0.1) is 0 Å². The zero-order valence-electron chi connectivity index (χ0n) is 23.1. The summed E-state index contributed by atoms with van der Waals surface area (Å²) in [6.07, 6.45) is 8.75. The molecule has 11 nitrogen and oxygen atoms in total. The van der Waals surface area contributed by atoms with Crippen molar-refractivity contribution in [2.24, 2.45) is 5.41 Å². The largest absolute Gasteiger partial charge is 0.465 e. The third-order valence-corrected chi connectivity index (χ3v) is 9.54. The lowest BCUT2D eigenvalue weighted by molar-refractivity contribution is 0.0635. The maximum absolute atomic E-state index is 12.3. The molecule has 1 unspecified atom stereocenters. The van der Waals surface area contributed by atoms with Crippen LogP contribution in [-0.4, -0.2) is 66.3 Å². The van der Waals surface area contributed by atoms with Crippen LogP contribution in [0.1, 0.15) is 58.7 Å². The minimum atomic E-state index is -0.936. The first-order chi connectivity index (χ1) is 19.4. The minimum Gasteiger partial charge on any atom is -0.465 e. The molecule has 14 heteroatoms. The number of likely N-dealkylation sites (tertiary alicyclic amines) is 1. The summed E-state index contributed by atoms with van der Waals surface area (Å²) in [7, 11) is 0. The van der Waals surface area contributed by atoms with Gasteiger partial charge in [0.15, 0.2) is 10.8 Å². The summed E-state index contributed by atoms with van der Waals surface area (Å²) in [6, 6.07) is 1.67. The summed E-state index contributed by atoms with van der Waals surface area (Å²) in [5.41, 5.74) is 0.111. The van der Waals surface area contributed by atoms with Crippen LogP contribution in [-0.2, 0) is 11.3 Å². The van der Waals surface area contributed by atoms with Crippen molar-refractivity contribution >= 4 is 58.6 Å². The van der Waals surface area contributed by atoms with Gasteiger partial charge in [0.25, 0.3) is 0 Å². The summed E-state index contributed by atoms with van der Waals surface area (Å²) in [4.78, 5) is 40.7. The molecular formula is C27H33Cl2N7O4S. The Kier molecular flexibility index (Phi) is 8.56. The van der Waals surface area contributed by atoms with Crippen molar-refractivity contribution in [1.82, 2.24) is 29.6 Å². The number of halogens is 2. The quantitative estimate of drug-likeness (QED) is 0.270. The van der Waals surface area contributed by atoms with Gasteiger partial charge in [-0.1, -0.05) is 41.4 Å². The first-order valence-electron chi connectivity index (χ1n) is 13.5. The lowest BCUT2D eigenvalue weighted by atomic mass is 9.74. The van der Waals surface area contributed by atoms with Crippen LogP contribution in [0.25, 0.3) is 5.65 Å². The number of nitrogens with zero attached hydrogens (tertiary/aromatic N) is 5. The van der Waals surface area contributed by atoms with E-state index in [9.17, 15) is 14.7 Å². The molecule has 3 aromatic heterocycles. The SMILES string of the molecule is CC(C)(C)OC(=O)Nc1cc(Sc2cnc(CN3CCC4(CCCC4NC(=O)O)CC3)n3ccnc23)c(Cl)c(Cl)n1. The number of ether oxygens (including phenoxy) is 1. The highest BCUT2D eigenvalue weighted by Crippen LogP contribution is 2.46. The number of carbonyl (C=O) groups is 2. The van der Waals surface area contributed by atoms with Crippen molar-refractivity contribution in [2.75, 3.05) is 18.4 Å². The Morgan fingerprint density at radius 3 is 2.66 bits per heavy atom. The fourth-order valence-electron chi connectivity index (χ4n) is 5.75. The van der Waals surface area contributed by atoms with E-state index in [2.05, 4.69) is 25.5 Å². The maximum atomic E-state index is 12.3. The second-order valence-electron chi connectivity index (χ2n) is 11.5. The maximum Gasteiger partial charge on any atom is 0.413 e. The minimum absolute atomic E-state index is 0.0327. The first kappa shape index (κ1) is 29.7. The van der Waals surface area contributed by atoms with E-state index >= 15 is 0 Å². The number of hydrogen-bond donors (Lipinski definition) is 3. The van der Waals surface area contributed by atoms with Crippen LogP contribution in [0.2, 0.25) is 10.2 Å². The number of piperidine rings is 1. The summed E-state index contributed by atoms with van der Waals surface area (Å²) >= 11 is 14.1. The second-order valence-corrected chi connectivity index (χ2v) is 13.4. The monoisotopic (exact) mass is 621 g/mol. The summed E-state index contributed by atoms with van der Waals surface area (Å²) in [6.45, 7) is 7.73. The molecule has 1 atom stereocenters. The second kappa shape index (κ2) is 11.8. The number of hydrogen-bond acceptors (Lipinski definition) is 8. The zero-order valence-corrected chi connectivity index (χ0v) is 25.4. The van der Waals surface area contributed by atoms with Gasteiger partial charge in [-0.2, -0.15) is 0 Å². The average Bonchev–Trinajstić information content (AvgIpc) is 3.52. The van der Waals surface area contributed by atoms with E-state index in [0.29, 0.717) is 11.4 Å². The van der Waals surface area contributed by atoms with Gasteiger partial charge in [-0.05, 0) is 71.0 Å². The number of aromatic nitrogens is 4. The highest BCUT2D eigenvalue weighted by atomic mass is 35.5. The molecule has 2 fully saturated rings. The van der Waals surface area contributed by atoms with E-state index in [-0.39, 0.29) is 27.5 Å². The molecule has 0 bridgehead atoms. The van der Waals surface area contributed by atoms with Crippen LogP contribution in [0, 0.1) is 5.41 Å². The van der Waals surface area contributed by atoms with Crippen molar-refractivity contribution in [1.29, 1.82) is 0 Å². The average molecular weight is 623 g/mol. The molecule has 41 heavy (non-hydrogen) atoms. The third kappa shape index (κ3) is 6.82. The predicted molar refractivity (Wildman–Crippen MR) is 157 cm³/mol. The smallest absolute Gasteiger partial charge is 0.413 e. The van der Waals surface area contributed by atoms with E-state index in [1.807, 2.05) is 10.6 Å². The Labute approximate surface area is 252 Å². The highest BCUT2D eigenvalue weighted by Gasteiger charge is 2.45. The Morgan fingerprint density at radius 2 is 1.95 bits per heavy atom. The highest BCUT2D eigenvalue weighted by molar-refractivity contribution is 7.99. The fraction of sp³-hybridized carbons (Fsp3) is 0.519. The molecule has 5 rings (SSSR count). The molecule has 3 aromatic rings. The van der Waals surface area contributed by atoms with Gasteiger partial charge in [0, 0.05) is 29.5 Å². The van der Waals surface area contributed by atoms with Crippen molar-refractivity contribution in [3.05, 3.63) is 40.7 Å². The molecule has 2 aliphatic rings. The molecule has 3 N–H and O–H groups in total. The van der Waals surface area contributed by atoms with Gasteiger partial charge in [0.2, 0.25) is 0 Å². The number of nitrogens with one attached hydrogen (secondary N) is 2. The van der Waals surface area contributed by atoms with E-state index in [0.717, 1.165) is 61.6 Å². The molecule has 1 spiro atoms. The third-order valence-electron chi connectivity index (χ3n) is 7.62. The number of rotatable bonds is 6. The lowest BCUT2D eigenvalue weighted by Crippen LogP contribution is -2.49. The van der Waals surface area contributed by atoms with Crippen LogP contribution in [0.3, 0.4) is 0 Å². The molecule has 0 radical (unpaired) electrons. The van der Waals surface area contributed by atoms with Crippen LogP contribution in [0.4, 0.5) is 15.4 Å². The van der Waals surface area contributed by atoms with Crippen molar-refractivity contribution < 1.29 is 19.4 Å². The first-order valence-corrected chi connectivity index (χ1v) is 15.1. The number of fused-ring (bicyclic) bond motifs is 1. The molecule has 220 valence electrons. The fourth-order valence-corrected chi connectivity index (χ4v) is 7.15. The molecule has 1 aliphatic carbocycles. The molecular weight excluding hydrogens is 589 g/mol. The topological polar surface area (TPSA) is 134 Å². The molecule has 1 aliphatic heterocycles. The van der Waals surface area contributed by atoms with Crippen LogP contribution in [0.15, 0.2) is 34.4 Å². The van der Waals surface area contributed by atoms with Crippen molar-refractivity contribution in [3.8, 4) is 0 Å². The molecule has 0 aromatic carbocycles. The zero-order chi connectivity index (χ0) is 29.4.